The topological polar surface area (TPSA) is 107 Å². The molecule has 0 atom stereocenters. The maximum Gasteiger partial charge on any atom is 1.00 e. The third kappa shape index (κ3) is 2.45. The first-order chi connectivity index (χ1) is 14.5. The molecule has 0 aliphatic carbocycles. The van der Waals surface area contributed by atoms with Crippen LogP contribution in [0.4, 0.5) is 0 Å². The minimum absolute atomic E-state index is 0. The minimum atomic E-state index is -0.666. The Bertz CT molecular complexity index is 1800. The molecule has 0 aliphatic rings. The average molecular weight is 438 g/mol. The van der Waals surface area contributed by atoms with Crippen LogP contribution >= 0.6 is 0 Å². The van der Waals surface area contributed by atoms with Crippen molar-refractivity contribution in [2.24, 2.45) is 0 Å². The average Bonchev–Trinajstić information content (AvgIpc) is 2.74. The molecule has 0 bridgehead atoms. The van der Waals surface area contributed by atoms with Gasteiger partial charge in [-0.3, -0.25) is 9.59 Å². The van der Waals surface area contributed by atoms with Gasteiger partial charge in [0.25, 0.3) is 0 Å². The summed E-state index contributed by atoms with van der Waals surface area (Å²) in [5, 5.41) is 32.1. The van der Waals surface area contributed by atoms with Gasteiger partial charge < -0.3 is 19.0 Å². The maximum absolute atomic E-state index is 12.3. The van der Waals surface area contributed by atoms with E-state index in [2.05, 4.69) is 0 Å². The molecule has 2 heterocycles. The molecule has 7 aromatic rings. The first-order valence-corrected chi connectivity index (χ1v) is 9.28. The Balaban J connectivity index is 0.00000108. The van der Waals surface area contributed by atoms with Gasteiger partial charge in [-0.25, -0.2) is 0 Å². The molecule has 0 radical (unpaired) electrons. The Labute approximate surface area is 222 Å². The van der Waals surface area contributed by atoms with Gasteiger partial charge in [-0.2, -0.15) is 0 Å². The third-order valence-corrected chi connectivity index (χ3v) is 6.15. The summed E-state index contributed by atoms with van der Waals surface area (Å²) in [5.74, 6) is -1.33. The number of fused-ring (bicyclic) bond motifs is 2. The van der Waals surface area contributed by atoms with Crippen molar-refractivity contribution in [1.29, 1.82) is 0 Å². The van der Waals surface area contributed by atoms with E-state index in [1.165, 1.54) is 0 Å². The standard InChI is InChI=1S/C24H10O6.2Na/c25-21-13-5-1-9-10-2-6-15-20-16(24(28)30-23(15)27)8-4-12(18(10)20)11-3-7-14(22(26)29-21)19(13)17(9)11;;/h1-8,25,28H;;/q;2*+1/p-2. The zero-order chi connectivity index (χ0) is 20.3. The molecule has 0 fully saturated rings. The van der Waals surface area contributed by atoms with E-state index >= 15 is 0 Å². The van der Waals surface area contributed by atoms with Crippen LogP contribution in [0, 0.1) is 0 Å². The van der Waals surface area contributed by atoms with Crippen molar-refractivity contribution in [3.05, 3.63) is 69.4 Å². The minimum Gasteiger partial charge on any atom is -0.549 e. The zero-order valence-corrected chi connectivity index (χ0v) is 21.1. The molecule has 8 heteroatoms. The summed E-state index contributed by atoms with van der Waals surface area (Å²) in [6.07, 6.45) is 0. The van der Waals surface area contributed by atoms with Crippen LogP contribution < -0.4 is 80.6 Å². The van der Waals surface area contributed by atoms with E-state index in [1.54, 1.807) is 24.3 Å². The van der Waals surface area contributed by atoms with E-state index in [9.17, 15) is 19.8 Å². The normalized spacial score (nSPS) is 11.8. The van der Waals surface area contributed by atoms with Crippen LogP contribution in [0.2, 0.25) is 0 Å². The van der Waals surface area contributed by atoms with Crippen molar-refractivity contribution in [2.75, 3.05) is 0 Å². The van der Waals surface area contributed by atoms with Crippen LogP contribution in [0.15, 0.2) is 67.0 Å². The number of hydrogen-bond acceptors (Lipinski definition) is 6. The Morgan fingerprint density at radius 1 is 0.438 bits per heavy atom. The number of benzene rings is 5. The first-order valence-electron chi connectivity index (χ1n) is 9.28. The predicted octanol–water partition coefficient (Wildman–Crippen LogP) is -2.46. The van der Waals surface area contributed by atoms with Crippen molar-refractivity contribution in [3.8, 4) is 11.9 Å². The van der Waals surface area contributed by atoms with Crippen molar-refractivity contribution in [3.63, 3.8) is 0 Å². The van der Waals surface area contributed by atoms with E-state index in [1.807, 2.05) is 24.3 Å². The van der Waals surface area contributed by atoms with Gasteiger partial charge in [0.1, 0.15) is 0 Å². The van der Waals surface area contributed by atoms with Gasteiger partial charge in [-0.05, 0) is 44.5 Å². The SMILES string of the molecule is O=c1oc([O-])c2ccc3c4ccc5c(=O)oc([O-])c6ccc(c7ccc1c2c37)c4c65.[Na+].[Na+]. The molecular formula is C24H8Na2O6. The van der Waals surface area contributed by atoms with Crippen molar-refractivity contribution < 1.29 is 78.2 Å². The fraction of sp³-hybridized carbons (Fsp3) is 0. The summed E-state index contributed by atoms with van der Waals surface area (Å²) in [6, 6.07) is 13.9. The second-order valence-electron chi connectivity index (χ2n) is 7.50. The molecule has 0 saturated heterocycles. The summed E-state index contributed by atoms with van der Waals surface area (Å²) in [6.45, 7) is 0. The predicted molar refractivity (Wildman–Crippen MR) is 110 cm³/mol. The zero-order valence-electron chi connectivity index (χ0n) is 17.1. The van der Waals surface area contributed by atoms with Crippen LogP contribution in [0.5, 0.6) is 11.9 Å². The van der Waals surface area contributed by atoms with Gasteiger partial charge >= 0.3 is 59.1 Å². The molecule has 5 aromatic carbocycles. The van der Waals surface area contributed by atoms with E-state index in [0.717, 1.165) is 32.3 Å². The van der Waals surface area contributed by atoms with Gasteiger partial charge in [0.15, 0.2) is 0 Å². The van der Waals surface area contributed by atoms with E-state index in [4.69, 9.17) is 8.83 Å². The molecule has 0 aliphatic heterocycles. The van der Waals surface area contributed by atoms with E-state index in [-0.39, 0.29) is 59.1 Å². The van der Waals surface area contributed by atoms with Gasteiger partial charge in [-0.15, -0.1) is 0 Å². The summed E-state index contributed by atoms with van der Waals surface area (Å²) >= 11 is 0. The molecule has 142 valence electrons. The summed E-state index contributed by atoms with van der Waals surface area (Å²) in [4.78, 5) is 24.6. The van der Waals surface area contributed by atoms with Crippen LogP contribution in [0.1, 0.15) is 0 Å². The number of hydrogen-bond donors (Lipinski definition) is 0. The molecule has 0 unspecified atom stereocenters. The van der Waals surface area contributed by atoms with Gasteiger partial charge in [0, 0.05) is 32.3 Å². The second-order valence-corrected chi connectivity index (χ2v) is 7.50. The van der Waals surface area contributed by atoms with Crippen molar-refractivity contribution >= 4 is 64.6 Å². The van der Waals surface area contributed by atoms with Gasteiger partial charge in [0.2, 0.25) is 11.3 Å². The molecule has 0 amide bonds. The molecule has 6 nitrogen and oxygen atoms in total. The third-order valence-electron chi connectivity index (χ3n) is 6.15. The van der Waals surface area contributed by atoms with Crippen LogP contribution in [0.25, 0.3) is 64.6 Å². The Kier molecular flexibility index (Phi) is 4.77. The molecule has 7 rings (SSSR count). The van der Waals surface area contributed by atoms with E-state index in [0.29, 0.717) is 32.3 Å². The fourth-order valence-corrected chi connectivity index (χ4v) is 4.96. The van der Waals surface area contributed by atoms with Crippen molar-refractivity contribution in [1.82, 2.24) is 0 Å². The Morgan fingerprint density at radius 3 is 1.03 bits per heavy atom. The Hall–Kier alpha value is -2.32. The van der Waals surface area contributed by atoms with Gasteiger partial charge in [-0.1, -0.05) is 36.4 Å². The smallest absolute Gasteiger partial charge is 0.549 e. The number of rotatable bonds is 0. The van der Waals surface area contributed by atoms with Crippen molar-refractivity contribution in [2.45, 2.75) is 0 Å². The molecular weight excluding hydrogens is 430 g/mol. The van der Waals surface area contributed by atoms with Gasteiger partial charge in [0.05, 0.1) is 11.9 Å². The molecule has 2 aromatic heterocycles. The first kappa shape index (κ1) is 21.5. The van der Waals surface area contributed by atoms with Crippen LogP contribution in [-0.2, 0) is 0 Å². The summed E-state index contributed by atoms with van der Waals surface area (Å²) < 4.78 is 9.74. The quantitative estimate of drug-likeness (QED) is 0.148. The monoisotopic (exact) mass is 438 g/mol. The molecule has 32 heavy (non-hydrogen) atoms. The fourth-order valence-electron chi connectivity index (χ4n) is 4.96. The largest absolute Gasteiger partial charge is 1.00 e. The molecule has 0 N–H and O–H groups in total. The summed E-state index contributed by atoms with van der Waals surface area (Å²) in [5.41, 5.74) is -1.33. The van der Waals surface area contributed by atoms with Crippen LogP contribution in [-0.4, -0.2) is 0 Å². The Morgan fingerprint density at radius 2 is 0.688 bits per heavy atom. The summed E-state index contributed by atoms with van der Waals surface area (Å²) in [7, 11) is 0. The van der Waals surface area contributed by atoms with E-state index < -0.39 is 23.1 Å². The molecule has 0 saturated carbocycles. The second kappa shape index (κ2) is 7.09. The van der Waals surface area contributed by atoms with Crippen LogP contribution in [0.3, 0.4) is 0 Å². The molecule has 0 spiro atoms. The maximum atomic E-state index is 12.3.